The Morgan fingerprint density at radius 2 is 1.72 bits per heavy atom. The van der Waals surface area contributed by atoms with Crippen molar-refractivity contribution in [1.82, 2.24) is 25.8 Å². The Bertz CT molecular complexity index is 1390. The zero-order valence-corrected chi connectivity index (χ0v) is 26.6. The van der Waals surface area contributed by atoms with E-state index >= 15 is 0 Å². The molecule has 13 nitrogen and oxygen atoms in total. The molecule has 1 aromatic rings. The van der Waals surface area contributed by atoms with E-state index in [9.17, 15) is 33.6 Å². The minimum Gasteiger partial charge on any atom is -0.394 e. The van der Waals surface area contributed by atoms with Gasteiger partial charge in [0.15, 0.2) is 5.78 Å². The van der Waals surface area contributed by atoms with Crippen LogP contribution in [0.1, 0.15) is 64.4 Å². The van der Waals surface area contributed by atoms with Crippen LogP contribution in [-0.4, -0.2) is 95.2 Å². The fraction of sp³-hybridized carbons (Fsp3) is 0.545. The van der Waals surface area contributed by atoms with Gasteiger partial charge in [-0.3, -0.25) is 33.6 Å². The molecule has 5 N–H and O–H groups in total. The maximum Gasteiger partial charge on any atom is 0.292 e. The first kappa shape index (κ1) is 34.3. The molecule has 1 aromatic carbocycles. The molecule has 5 atom stereocenters. The molecule has 4 rings (SSSR count). The fourth-order valence-electron chi connectivity index (χ4n) is 6.38. The first-order valence-electron chi connectivity index (χ1n) is 15.9. The number of nitrogens with one attached hydrogen (secondary N) is 3. The summed E-state index contributed by atoms with van der Waals surface area (Å²) in [5.74, 6) is -5.27. The van der Waals surface area contributed by atoms with Gasteiger partial charge in [-0.25, -0.2) is 0 Å². The maximum absolute atomic E-state index is 14.1. The molecule has 3 aliphatic heterocycles. The van der Waals surface area contributed by atoms with Gasteiger partial charge in [0.1, 0.15) is 17.8 Å². The van der Waals surface area contributed by atoms with Crippen molar-refractivity contribution in [3.8, 4) is 0 Å². The van der Waals surface area contributed by atoms with Gasteiger partial charge in [-0.05, 0) is 50.5 Å². The van der Waals surface area contributed by atoms with Gasteiger partial charge in [-0.2, -0.15) is 0 Å². The number of benzene rings is 1. The lowest BCUT2D eigenvalue weighted by molar-refractivity contribution is -0.147. The Morgan fingerprint density at radius 1 is 1.04 bits per heavy atom. The Kier molecular flexibility index (Phi) is 11.3. The zero-order valence-electron chi connectivity index (χ0n) is 26.6. The summed E-state index contributed by atoms with van der Waals surface area (Å²) in [7, 11) is 0. The molecule has 3 aliphatic rings. The van der Waals surface area contributed by atoms with Crippen molar-refractivity contribution in [2.24, 2.45) is 17.6 Å². The van der Waals surface area contributed by atoms with Crippen LogP contribution in [0.25, 0.3) is 0 Å². The van der Waals surface area contributed by atoms with Crippen LogP contribution >= 0.6 is 0 Å². The monoisotopic (exact) mass is 636 g/mol. The van der Waals surface area contributed by atoms with Crippen molar-refractivity contribution in [1.29, 1.82) is 0 Å². The van der Waals surface area contributed by atoms with Crippen molar-refractivity contribution in [3.05, 3.63) is 47.7 Å². The summed E-state index contributed by atoms with van der Waals surface area (Å²) in [6, 6.07) is 6.04. The first-order chi connectivity index (χ1) is 21.9. The predicted octanol–water partition coefficient (Wildman–Crippen LogP) is 0.146. The average Bonchev–Trinajstić information content (AvgIpc) is 3.80. The molecular formula is C33H44N6O7. The third kappa shape index (κ3) is 8.18. The van der Waals surface area contributed by atoms with Gasteiger partial charge in [-0.15, -0.1) is 0 Å². The number of allylic oxidation sites excluding steroid dienone is 1. The molecule has 0 spiro atoms. The molecular weight excluding hydrogens is 592 g/mol. The third-order valence-corrected chi connectivity index (χ3v) is 8.92. The van der Waals surface area contributed by atoms with Crippen molar-refractivity contribution >= 4 is 41.1 Å². The van der Waals surface area contributed by atoms with E-state index < -0.39 is 65.2 Å². The van der Waals surface area contributed by atoms with Crippen molar-refractivity contribution in [3.63, 3.8) is 0 Å². The lowest BCUT2D eigenvalue weighted by atomic mass is 9.94. The van der Waals surface area contributed by atoms with Gasteiger partial charge in [0, 0.05) is 44.1 Å². The molecule has 3 heterocycles. The normalized spacial score (nSPS) is 22.7. The van der Waals surface area contributed by atoms with Gasteiger partial charge < -0.3 is 31.5 Å². The summed E-state index contributed by atoms with van der Waals surface area (Å²) in [6.45, 7) is 6.22. The van der Waals surface area contributed by atoms with E-state index in [0.29, 0.717) is 26.1 Å². The lowest BCUT2D eigenvalue weighted by Gasteiger charge is -2.31. The van der Waals surface area contributed by atoms with Crippen molar-refractivity contribution < 1.29 is 33.6 Å². The topological polar surface area (TPSA) is 188 Å². The Balaban J connectivity index is 1.61. The van der Waals surface area contributed by atoms with E-state index in [4.69, 9.17) is 5.73 Å². The van der Waals surface area contributed by atoms with E-state index in [1.165, 1.54) is 16.7 Å². The molecule has 248 valence electrons. The summed E-state index contributed by atoms with van der Waals surface area (Å²) in [5.41, 5.74) is 6.34. The predicted molar refractivity (Wildman–Crippen MR) is 168 cm³/mol. The van der Waals surface area contributed by atoms with Crippen molar-refractivity contribution in [2.45, 2.75) is 76.9 Å². The number of ketones is 2. The molecule has 3 fully saturated rings. The van der Waals surface area contributed by atoms with E-state index in [0.717, 1.165) is 24.5 Å². The molecule has 0 aromatic heterocycles. The lowest BCUT2D eigenvalue weighted by Crippen LogP contribution is -2.58. The summed E-state index contributed by atoms with van der Waals surface area (Å²) in [4.78, 5) is 94.4. The van der Waals surface area contributed by atoms with E-state index in [2.05, 4.69) is 16.0 Å². The quantitative estimate of drug-likeness (QED) is 0.184. The highest BCUT2D eigenvalue weighted by atomic mass is 16.2. The number of nitrogens with two attached hydrogens (primary N) is 1. The summed E-state index contributed by atoms with van der Waals surface area (Å²) >= 11 is 0. The van der Waals surface area contributed by atoms with Crippen LogP contribution in [-0.2, 0) is 33.6 Å². The second-order valence-corrected chi connectivity index (χ2v) is 12.7. The van der Waals surface area contributed by atoms with Gasteiger partial charge in [0.05, 0.1) is 6.04 Å². The van der Waals surface area contributed by atoms with Crippen LogP contribution < -0.4 is 21.7 Å². The number of carbonyl (C=O) groups excluding carboxylic acids is 7. The number of rotatable bonds is 12. The molecule has 3 saturated heterocycles. The smallest absolute Gasteiger partial charge is 0.292 e. The van der Waals surface area contributed by atoms with E-state index in [1.807, 2.05) is 30.3 Å². The van der Waals surface area contributed by atoms with Gasteiger partial charge in [0.2, 0.25) is 23.5 Å². The van der Waals surface area contributed by atoms with Crippen LogP contribution in [0.15, 0.2) is 42.1 Å². The SMILES string of the molecule is CC(=O)C=C(N)C(=O)NC(C(=O)N1CC(c2ccccc2)CC1C(=O)NC(CC1CCNC1=O)C(=O)C(=O)N1CCCC1)C(C)C. The average molecular weight is 637 g/mol. The fourth-order valence-corrected chi connectivity index (χ4v) is 6.38. The standard InChI is InChI=1S/C33H44N6O7/c1-19(2)27(37-30(43)24(34)15-20(3)40)32(45)39-18-23(21-9-5-4-6-10-21)17-26(39)31(44)36-25(16-22-11-12-35-29(22)42)28(41)33(46)38-13-7-8-14-38/h4-6,9-10,15,19,22-23,25-27H,7-8,11-14,16-18,34H2,1-3H3,(H,35,42)(H,36,44)(H,37,43). The van der Waals surface area contributed by atoms with Crippen LogP contribution in [0.2, 0.25) is 0 Å². The molecule has 0 radical (unpaired) electrons. The third-order valence-electron chi connectivity index (χ3n) is 8.92. The van der Waals surface area contributed by atoms with Crippen LogP contribution in [0.4, 0.5) is 0 Å². The first-order valence-corrected chi connectivity index (χ1v) is 15.9. The number of hydrogen-bond donors (Lipinski definition) is 4. The van der Waals surface area contributed by atoms with Gasteiger partial charge >= 0.3 is 0 Å². The molecule has 13 heteroatoms. The second-order valence-electron chi connectivity index (χ2n) is 12.7. The number of amides is 5. The molecule has 5 amide bonds. The molecule has 46 heavy (non-hydrogen) atoms. The summed E-state index contributed by atoms with van der Waals surface area (Å²) in [6.07, 6.45) is 3.20. The molecule has 5 unspecified atom stereocenters. The van der Waals surface area contributed by atoms with E-state index in [1.54, 1.807) is 13.8 Å². The minimum absolute atomic E-state index is 0.0365. The van der Waals surface area contributed by atoms with Crippen LogP contribution in [0, 0.1) is 11.8 Å². The van der Waals surface area contributed by atoms with E-state index in [-0.39, 0.29) is 36.9 Å². The zero-order chi connectivity index (χ0) is 33.5. The number of Topliss-reactive ketones (excluding diaryl/α,β-unsaturated/α-hetero) is 1. The van der Waals surface area contributed by atoms with Crippen LogP contribution in [0.5, 0.6) is 0 Å². The van der Waals surface area contributed by atoms with Crippen molar-refractivity contribution in [2.75, 3.05) is 26.2 Å². The summed E-state index contributed by atoms with van der Waals surface area (Å²) in [5, 5.41) is 8.10. The Morgan fingerprint density at radius 3 is 2.30 bits per heavy atom. The number of nitrogens with zero attached hydrogens (tertiary/aromatic N) is 2. The Hall–Kier alpha value is -4.55. The second kappa shape index (κ2) is 15.2. The molecule has 0 bridgehead atoms. The largest absolute Gasteiger partial charge is 0.394 e. The minimum atomic E-state index is -1.25. The number of carbonyl (C=O) groups is 7. The number of hydrogen-bond acceptors (Lipinski definition) is 8. The number of likely N-dealkylation sites (tertiary alicyclic amines) is 2. The Labute approximate surface area is 268 Å². The maximum atomic E-state index is 14.1. The highest BCUT2D eigenvalue weighted by molar-refractivity contribution is 6.38. The highest BCUT2D eigenvalue weighted by Crippen LogP contribution is 2.33. The summed E-state index contributed by atoms with van der Waals surface area (Å²) < 4.78 is 0. The van der Waals surface area contributed by atoms with Gasteiger partial charge in [0.25, 0.3) is 11.8 Å². The van der Waals surface area contributed by atoms with Crippen LogP contribution in [0.3, 0.4) is 0 Å². The highest BCUT2D eigenvalue weighted by Gasteiger charge is 2.45. The molecule has 0 aliphatic carbocycles. The molecule has 0 saturated carbocycles. The van der Waals surface area contributed by atoms with Gasteiger partial charge in [-0.1, -0.05) is 44.2 Å².